The van der Waals surface area contributed by atoms with E-state index in [-0.39, 0.29) is 12.5 Å². The molecule has 0 bridgehead atoms. The van der Waals surface area contributed by atoms with Gasteiger partial charge in [0.15, 0.2) is 0 Å². The van der Waals surface area contributed by atoms with Crippen molar-refractivity contribution in [1.82, 2.24) is 0 Å². The molecule has 0 spiro atoms. The van der Waals surface area contributed by atoms with E-state index in [2.05, 4.69) is 0 Å². The molecule has 17 heavy (non-hydrogen) atoms. The number of aliphatic hydroxyl groups excluding tert-OH is 1. The number of ether oxygens (including phenoxy) is 1. The van der Waals surface area contributed by atoms with E-state index in [0.717, 1.165) is 5.56 Å². The molecule has 0 radical (unpaired) electrons. The lowest BCUT2D eigenvalue weighted by Gasteiger charge is -2.20. The van der Waals surface area contributed by atoms with E-state index in [1.165, 1.54) is 0 Å². The molecule has 0 aliphatic rings. The SMILES string of the molecule is C[C@H](O)[C@H](C)C(N)C(=O)OCc1ccccc1. The molecule has 0 aliphatic heterocycles. The van der Waals surface area contributed by atoms with Crippen LogP contribution in [-0.4, -0.2) is 23.2 Å². The Kier molecular flexibility index (Phi) is 5.12. The summed E-state index contributed by atoms with van der Waals surface area (Å²) in [4.78, 5) is 11.6. The maximum atomic E-state index is 11.6. The molecule has 0 aliphatic carbocycles. The fraction of sp³-hybridized carbons (Fsp3) is 0.462. The Hall–Kier alpha value is -1.39. The van der Waals surface area contributed by atoms with Crippen LogP contribution in [-0.2, 0) is 16.1 Å². The zero-order valence-electron chi connectivity index (χ0n) is 10.2. The van der Waals surface area contributed by atoms with E-state index < -0.39 is 18.1 Å². The fourth-order valence-corrected chi connectivity index (χ4v) is 1.34. The van der Waals surface area contributed by atoms with Gasteiger partial charge in [-0.1, -0.05) is 37.3 Å². The van der Waals surface area contributed by atoms with Gasteiger partial charge in [0.05, 0.1) is 6.10 Å². The van der Waals surface area contributed by atoms with Gasteiger partial charge in [-0.05, 0) is 12.5 Å². The van der Waals surface area contributed by atoms with Crippen LogP contribution in [0.3, 0.4) is 0 Å². The molecule has 1 unspecified atom stereocenters. The first-order chi connectivity index (χ1) is 8.02. The van der Waals surface area contributed by atoms with Crippen LogP contribution in [0.1, 0.15) is 19.4 Å². The van der Waals surface area contributed by atoms with Crippen molar-refractivity contribution in [3.8, 4) is 0 Å². The maximum absolute atomic E-state index is 11.6. The number of rotatable bonds is 5. The molecule has 1 rings (SSSR count). The predicted molar refractivity (Wildman–Crippen MR) is 65.1 cm³/mol. The Morgan fingerprint density at radius 2 is 1.94 bits per heavy atom. The number of carbonyl (C=O) groups excluding carboxylic acids is 1. The van der Waals surface area contributed by atoms with Crippen molar-refractivity contribution in [3.05, 3.63) is 35.9 Å². The van der Waals surface area contributed by atoms with Crippen molar-refractivity contribution in [2.45, 2.75) is 32.6 Å². The van der Waals surface area contributed by atoms with E-state index in [1.54, 1.807) is 13.8 Å². The number of aliphatic hydroxyl groups is 1. The summed E-state index contributed by atoms with van der Waals surface area (Å²) in [6, 6.07) is 8.60. The van der Waals surface area contributed by atoms with E-state index in [1.807, 2.05) is 30.3 Å². The van der Waals surface area contributed by atoms with Crippen molar-refractivity contribution < 1.29 is 14.6 Å². The highest BCUT2D eigenvalue weighted by atomic mass is 16.5. The van der Waals surface area contributed by atoms with Crippen LogP contribution >= 0.6 is 0 Å². The molecule has 0 fully saturated rings. The Labute approximate surface area is 101 Å². The molecule has 0 saturated carbocycles. The lowest BCUT2D eigenvalue weighted by Crippen LogP contribution is -2.42. The van der Waals surface area contributed by atoms with E-state index in [0.29, 0.717) is 0 Å². The Morgan fingerprint density at radius 1 is 1.35 bits per heavy atom. The second-order valence-electron chi connectivity index (χ2n) is 4.22. The Bertz CT molecular complexity index is 351. The molecule has 0 saturated heterocycles. The van der Waals surface area contributed by atoms with Crippen LogP contribution in [0.15, 0.2) is 30.3 Å². The first kappa shape index (κ1) is 13.7. The second-order valence-corrected chi connectivity index (χ2v) is 4.22. The van der Waals surface area contributed by atoms with Gasteiger partial charge in [0.25, 0.3) is 0 Å². The van der Waals surface area contributed by atoms with Crippen LogP contribution in [0.25, 0.3) is 0 Å². The number of hydrogen-bond donors (Lipinski definition) is 2. The average molecular weight is 237 g/mol. The minimum Gasteiger partial charge on any atom is -0.460 e. The Balaban J connectivity index is 2.45. The van der Waals surface area contributed by atoms with E-state index >= 15 is 0 Å². The molecule has 94 valence electrons. The zero-order chi connectivity index (χ0) is 12.8. The van der Waals surface area contributed by atoms with Gasteiger partial charge < -0.3 is 15.6 Å². The van der Waals surface area contributed by atoms with Gasteiger partial charge in [-0.15, -0.1) is 0 Å². The Morgan fingerprint density at radius 3 is 2.47 bits per heavy atom. The minimum absolute atomic E-state index is 0.208. The third-order valence-electron chi connectivity index (χ3n) is 2.82. The standard InChI is InChI=1S/C13H19NO3/c1-9(10(2)15)12(14)13(16)17-8-11-6-4-3-5-7-11/h3-7,9-10,12,15H,8,14H2,1-2H3/t9-,10-,12?/m0/s1. The van der Waals surface area contributed by atoms with Crippen LogP contribution in [0, 0.1) is 5.92 Å². The first-order valence-electron chi connectivity index (χ1n) is 5.66. The van der Waals surface area contributed by atoms with Gasteiger partial charge in [0.1, 0.15) is 12.6 Å². The number of nitrogens with two attached hydrogens (primary N) is 1. The molecular weight excluding hydrogens is 218 g/mol. The molecule has 1 aromatic carbocycles. The molecule has 3 atom stereocenters. The number of hydrogen-bond acceptors (Lipinski definition) is 4. The highest BCUT2D eigenvalue weighted by molar-refractivity contribution is 5.75. The molecule has 1 aromatic rings. The van der Waals surface area contributed by atoms with Crippen molar-refractivity contribution in [1.29, 1.82) is 0 Å². The minimum atomic E-state index is -0.793. The smallest absolute Gasteiger partial charge is 0.323 e. The molecule has 0 amide bonds. The molecule has 4 heteroatoms. The third-order valence-corrected chi connectivity index (χ3v) is 2.82. The second kappa shape index (κ2) is 6.37. The van der Waals surface area contributed by atoms with Crippen molar-refractivity contribution in [2.75, 3.05) is 0 Å². The molecule has 4 nitrogen and oxygen atoms in total. The van der Waals surface area contributed by atoms with Crippen molar-refractivity contribution >= 4 is 5.97 Å². The summed E-state index contributed by atoms with van der Waals surface area (Å²) >= 11 is 0. The average Bonchev–Trinajstić information content (AvgIpc) is 2.35. The third kappa shape index (κ3) is 4.17. The number of carbonyl (C=O) groups is 1. The summed E-state index contributed by atoms with van der Waals surface area (Å²) in [6.45, 7) is 3.54. The van der Waals surface area contributed by atoms with Crippen molar-refractivity contribution in [2.24, 2.45) is 11.7 Å². The van der Waals surface area contributed by atoms with Crippen LogP contribution < -0.4 is 5.73 Å². The van der Waals surface area contributed by atoms with Crippen LogP contribution in [0.2, 0.25) is 0 Å². The lowest BCUT2D eigenvalue weighted by atomic mass is 9.98. The van der Waals surface area contributed by atoms with Gasteiger partial charge in [0, 0.05) is 5.92 Å². The van der Waals surface area contributed by atoms with Crippen molar-refractivity contribution in [3.63, 3.8) is 0 Å². The molecule has 0 aromatic heterocycles. The van der Waals surface area contributed by atoms with E-state index in [9.17, 15) is 9.90 Å². The van der Waals surface area contributed by atoms with Crippen LogP contribution in [0.4, 0.5) is 0 Å². The monoisotopic (exact) mass is 237 g/mol. The van der Waals surface area contributed by atoms with Crippen LogP contribution in [0.5, 0.6) is 0 Å². The topological polar surface area (TPSA) is 72.5 Å². The highest BCUT2D eigenvalue weighted by Gasteiger charge is 2.25. The van der Waals surface area contributed by atoms with Gasteiger partial charge in [-0.25, -0.2) is 0 Å². The fourth-order valence-electron chi connectivity index (χ4n) is 1.34. The summed E-state index contributed by atoms with van der Waals surface area (Å²) in [5, 5.41) is 9.34. The summed E-state index contributed by atoms with van der Waals surface area (Å²) in [6.07, 6.45) is -0.630. The normalized spacial score (nSPS) is 16.0. The van der Waals surface area contributed by atoms with Gasteiger partial charge in [-0.2, -0.15) is 0 Å². The maximum Gasteiger partial charge on any atom is 0.323 e. The first-order valence-corrected chi connectivity index (χ1v) is 5.66. The summed E-state index contributed by atoms with van der Waals surface area (Å²) in [5.41, 5.74) is 6.61. The highest BCUT2D eigenvalue weighted by Crippen LogP contribution is 2.09. The molecular formula is C13H19NO3. The summed E-state index contributed by atoms with van der Waals surface area (Å²) in [7, 11) is 0. The molecule has 3 N–H and O–H groups in total. The summed E-state index contributed by atoms with van der Waals surface area (Å²) in [5.74, 6) is -0.805. The largest absolute Gasteiger partial charge is 0.460 e. The van der Waals surface area contributed by atoms with E-state index in [4.69, 9.17) is 10.5 Å². The lowest BCUT2D eigenvalue weighted by molar-refractivity contribution is -0.148. The van der Waals surface area contributed by atoms with Gasteiger partial charge in [-0.3, -0.25) is 4.79 Å². The predicted octanol–water partition coefficient (Wildman–Crippen LogP) is 1.07. The van der Waals surface area contributed by atoms with Gasteiger partial charge in [0.2, 0.25) is 0 Å². The zero-order valence-corrected chi connectivity index (χ0v) is 10.2. The summed E-state index contributed by atoms with van der Waals surface area (Å²) < 4.78 is 5.09. The van der Waals surface area contributed by atoms with Gasteiger partial charge >= 0.3 is 5.97 Å². The quantitative estimate of drug-likeness (QED) is 0.751. The molecule has 0 heterocycles. The number of esters is 1. The number of benzene rings is 1.